The Morgan fingerprint density at radius 3 is 2.23 bits per heavy atom. The first-order valence-corrected chi connectivity index (χ1v) is 7.52. The van der Waals surface area contributed by atoms with Crippen molar-refractivity contribution in [1.29, 1.82) is 0 Å². The largest absolute Gasteiger partial charge is 0.416 e. The van der Waals surface area contributed by atoms with Gasteiger partial charge in [0.05, 0.1) is 11.6 Å². The highest BCUT2D eigenvalue weighted by atomic mass is 19.4. The van der Waals surface area contributed by atoms with Gasteiger partial charge in [-0.05, 0) is 24.6 Å². The van der Waals surface area contributed by atoms with Gasteiger partial charge in [-0.15, -0.1) is 0 Å². The number of hydrogen-bond acceptors (Lipinski definition) is 3. The third kappa shape index (κ3) is 4.13. The van der Waals surface area contributed by atoms with E-state index in [0.717, 1.165) is 21.3 Å². The predicted molar refractivity (Wildman–Crippen MR) is 88.9 cm³/mol. The zero-order chi connectivity index (χ0) is 19.6. The third-order valence-electron chi connectivity index (χ3n) is 3.78. The minimum absolute atomic E-state index is 0.105. The van der Waals surface area contributed by atoms with Gasteiger partial charge in [0.15, 0.2) is 0 Å². The monoisotopic (exact) mass is 370 g/mol. The molecule has 10 heteroatoms. The number of benzene rings is 1. The van der Waals surface area contributed by atoms with Crippen LogP contribution >= 0.6 is 0 Å². The summed E-state index contributed by atoms with van der Waals surface area (Å²) in [5.74, 6) is 0. The topological polar surface area (TPSA) is 85.1 Å². The minimum Gasteiger partial charge on any atom is -0.331 e. The molecule has 2 amide bonds. The lowest BCUT2D eigenvalue weighted by Gasteiger charge is -2.16. The van der Waals surface area contributed by atoms with Gasteiger partial charge in [0, 0.05) is 20.3 Å². The van der Waals surface area contributed by atoms with Crippen molar-refractivity contribution in [3.8, 4) is 0 Å². The average molecular weight is 370 g/mol. The Hall–Kier alpha value is -3.04. The van der Waals surface area contributed by atoms with Gasteiger partial charge in [-0.25, -0.2) is 9.59 Å². The molecule has 0 saturated heterocycles. The molecule has 140 valence electrons. The number of rotatable bonds is 3. The number of carbonyl (C=O) groups is 1. The molecule has 7 nitrogen and oxygen atoms in total. The summed E-state index contributed by atoms with van der Waals surface area (Å²) in [7, 11) is 2.70. The maximum absolute atomic E-state index is 12.6. The summed E-state index contributed by atoms with van der Waals surface area (Å²) in [5.41, 5.74) is -1.65. The van der Waals surface area contributed by atoms with E-state index in [2.05, 4.69) is 10.6 Å². The molecule has 2 aromatic rings. The summed E-state index contributed by atoms with van der Waals surface area (Å²) >= 11 is 0. The molecular formula is C16H17F3N4O3. The second-order valence-corrected chi connectivity index (χ2v) is 5.74. The Balaban J connectivity index is 2.11. The number of nitrogens with zero attached hydrogens (tertiary/aromatic N) is 2. The van der Waals surface area contributed by atoms with Gasteiger partial charge >= 0.3 is 17.9 Å². The van der Waals surface area contributed by atoms with Crippen molar-refractivity contribution >= 4 is 11.7 Å². The van der Waals surface area contributed by atoms with E-state index in [1.807, 2.05) is 0 Å². The first-order chi connectivity index (χ1) is 12.0. The van der Waals surface area contributed by atoms with Crippen LogP contribution in [0, 0.1) is 0 Å². The highest BCUT2D eigenvalue weighted by Crippen LogP contribution is 2.29. The zero-order valence-corrected chi connectivity index (χ0v) is 14.2. The molecule has 0 bridgehead atoms. The van der Waals surface area contributed by atoms with Crippen molar-refractivity contribution in [2.45, 2.75) is 19.1 Å². The Kier molecular flexibility index (Phi) is 5.24. The van der Waals surface area contributed by atoms with Gasteiger partial charge in [0.1, 0.15) is 5.69 Å². The molecule has 0 saturated carbocycles. The molecule has 1 atom stereocenters. The summed E-state index contributed by atoms with van der Waals surface area (Å²) in [6.07, 6.45) is -3.25. The zero-order valence-electron chi connectivity index (χ0n) is 14.2. The molecule has 26 heavy (non-hydrogen) atoms. The second kappa shape index (κ2) is 7.06. The molecule has 0 aliphatic rings. The van der Waals surface area contributed by atoms with Crippen molar-refractivity contribution in [3.05, 3.63) is 62.4 Å². The normalized spacial score (nSPS) is 12.5. The van der Waals surface area contributed by atoms with Gasteiger partial charge < -0.3 is 15.2 Å². The van der Waals surface area contributed by atoms with Crippen LogP contribution in [0.2, 0.25) is 0 Å². The SMILES string of the molecule is C[C@H](NC(=O)Nc1cn(C)c(=O)n(C)c1=O)c1ccc(C(F)(F)F)cc1. The van der Waals surface area contributed by atoms with E-state index in [9.17, 15) is 27.6 Å². The van der Waals surface area contributed by atoms with Gasteiger partial charge in [-0.2, -0.15) is 13.2 Å². The van der Waals surface area contributed by atoms with Crippen LogP contribution in [0.5, 0.6) is 0 Å². The summed E-state index contributed by atoms with van der Waals surface area (Å²) < 4.78 is 39.7. The summed E-state index contributed by atoms with van der Waals surface area (Å²) in [6.45, 7) is 1.58. The number of hydrogen-bond donors (Lipinski definition) is 2. The van der Waals surface area contributed by atoms with Crippen LogP contribution < -0.4 is 21.9 Å². The van der Waals surface area contributed by atoms with Crippen molar-refractivity contribution in [1.82, 2.24) is 14.5 Å². The molecule has 0 aliphatic heterocycles. The van der Waals surface area contributed by atoms with Crippen LogP contribution in [-0.2, 0) is 20.3 Å². The summed E-state index contributed by atoms with van der Waals surface area (Å²) in [6, 6.07) is 3.04. The molecule has 1 heterocycles. The molecule has 0 spiro atoms. The number of alkyl halides is 3. The smallest absolute Gasteiger partial charge is 0.331 e. The molecule has 2 N–H and O–H groups in total. The van der Waals surface area contributed by atoms with E-state index in [-0.39, 0.29) is 5.69 Å². The van der Waals surface area contributed by atoms with Crippen molar-refractivity contribution in [2.24, 2.45) is 14.1 Å². The Morgan fingerprint density at radius 1 is 1.12 bits per heavy atom. The van der Waals surface area contributed by atoms with Gasteiger partial charge in [-0.3, -0.25) is 9.36 Å². The fraction of sp³-hybridized carbons (Fsp3) is 0.312. The van der Waals surface area contributed by atoms with E-state index < -0.39 is 35.1 Å². The number of aryl methyl sites for hydroxylation is 1. The maximum Gasteiger partial charge on any atom is 0.416 e. The van der Waals surface area contributed by atoms with Crippen LogP contribution in [0.25, 0.3) is 0 Å². The van der Waals surface area contributed by atoms with E-state index in [4.69, 9.17) is 0 Å². The lowest BCUT2D eigenvalue weighted by molar-refractivity contribution is -0.137. The number of halogens is 3. The number of nitrogens with one attached hydrogen (secondary N) is 2. The highest BCUT2D eigenvalue weighted by molar-refractivity contribution is 5.89. The Morgan fingerprint density at radius 2 is 1.69 bits per heavy atom. The first kappa shape index (κ1) is 19.3. The number of amides is 2. The Labute approximate surface area is 146 Å². The van der Waals surface area contributed by atoms with Crippen LogP contribution in [0.3, 0.4) is 0 Å². The average Bonchev–Trinajstić information content (AvgIpc) is 2.57. The van der Waals surface area contributed by atoms with Gasteiger partial charge in [0.2, 0.25) is 0 Å². The van der Waals surface area contributed by atoms with Crippen LogP contribution in [0.15, 0.2) is 40.1 Å². The van der Waals surface area contributed by atoms with Crippen LogP contribution in [0.4, 0.5) is 23.7 Å². The molecule has 2 rings (SSSR count). The molecule has 1 aromatic carbocycles. The van der Waals surface area contributed by atoms with E-state index >= 15 is 0 Å². The quantitative estimate of drug-likeness (QED) is 0.867. The molecule has 0 radical (unpaired) electrons. The first-order valence-electron chi connectivity index (χ1n) is 7.52. The fourth-order valence-corrected chi connectivity index (χ4v) is 2.29. The summed E-state index contributed by atoms with van der Waals surface area (Å²) in [5, 5.41) is 4.85. The Bertz CT molecular complexity index is 930. The van der Waals surface area contributed by atoms with Crippen LogP contribution in [-0.4, -0.2) is 15.2 Å². The second-order valence-electron chi connectivity index (χ2n) is 5.74. The number of carbonyl (C=O) groups excluding carboxylic acids is 1. The highest BCUT2D eigenvalue weighted by Gasteiger charge is 2.30. The molecule has 0 aliphatic carbocycles. The van der Waals surface area contributed by atoms with E-state index in [1.165, 1.54) is 32.4 Å². The summed E-state index contributed by atoms with van der Waals surface area (Å²) in [4.78, 5) is 35.6. The number of aromatic nitrogens is 2. The molecular weight excluding hydrogens is 353 g/mol. The van der Waals surface area contributed by atoms with Gasteiger partial charge in [-0.1, -0.05) is 12.1 Å². The number of urea groups is 1. The van der Waals surface area contributed by atoms with Crippen molar-refractivity contribution < 1.29 is 18.0 Å². The standard InChI is InChI=1S/C16H17F3N4O3/c1-9(10-4-6-11(7-5-10)16(17,18)19)20-14(25)21-12-8-22(2)15(26)23(3)13(12)24/h4-9H,1-3H3,(H2,20,21,25)/t9-/m0/s1. The molecule has 0 fully saturated rings. The third-order valence-corrected chi connectivity index (χ3v) is 3.78. The number of anilines is 1. The lowest BCUT2D eigenvalue weighted by atomic mass is 10.1. The fourth-order valence-electron chi connectivity index (χ4n) is 2.29. The maximum atomic E-state index is 12.6. The lowest BCUT2D eigenvalue weighted by Crippen LogP contribution is -2.40. The molecule has 1 aromatic heterocycles. The molecule has 0 unspecified atom stereocenters. The predicted octanol–water partition coefficient (Wildman–Crippen LogP) is 1.99. The van der Waals surface area contributed by atoms with Crippen molar-refractivity contribution in [3.63, 3.8) is 0 Å². The minimum atomic E-state index is -4.43. The van der Waals surface area contributed by atoms with Crippen LogP contribution in [0.1, 0.15) is 24.1 Å². The van der Waals surface area contributed by atoms with Crippen molar-refractivity contribution in [2.75, 3.05) is 5.32 Å². The van der Waals surface area contributed by atoms with Gasteiger partial charge in [0.25, 0.3) is 5.56 Å². The van der Waals surface area contributed by atoms with E-state index in [1.54, 1.807) is 6.92 Å². The van der Waals surface area contributed by atoms with E-state index in [0.29, 0.717) is 5.56 Å².